The lowest BCUT2D eigenvalue weighted by Gasteiger charge is -1.95. The molecule has 0 amide bonds. The molecule has 0 unspecified atom stereocenters. The van der Waals surface area contributed by atoms with Gasteiger partial charge in [-0.05, 0) is 19.4 Å². The van der Waals surface area contributed by atoms with Crippen LogP contribution in [0.25, 0.3) is 0 Å². The van der Waals surface area contributed by atoms with Crippen LogP contribution in [-0.2, 0) is 11.2 Å². The van der Waals surface area contributed by atoms with Crippen LogP contribution in [-0.4, -0.2) is 23.2 Å². The van der Waals surface area contributed by atoms with Gasteiger partial charge in [-0.15, -0.1) is 0 Å². The number of hydrogen-bond donors (Lipinski definition) is 2. The van der Waals surface area contributed by atoms with E-state index in [4.69, 9.17) is 9.84 Å². The van der Waals surface area contributed by atoms with Gasteiger partial charge in [0.25, 0.3) is 0 Å². The molecule has 1 aromatic heterocycles. The van der Waals surface area contributed by atoms with Crippen LogP contribution in [0.2, 0.25) is 0 Å². The molecule has 1 rings (SSSR count). The number of ether oxygens (including phenoxy) is 1. The Morgan fingerprint density at radius 2 is 2.38 bits per heavy atom. The molecule has 0 aliphatic heterocycles. The fourth-order valence-electron chi connectivity index (χ4n) is 1.20. The van der Waals surface area contributed by atoms with Crippen LogP contribution >= 0.6 is 0 Å². The molecule has 1 aromatic rings. The van der Waals surface area contributed by atoms with Gasteiger partial charge in [0.2, 0.25) is 0 Å². The number of rotatable bonds is 4. The van der Waals surface area contributed by atoms with Gasteiger partial charge in [-0.3, -0.25) is 4.79 Å². The fraction of sp³-hybridized carbons (Fsp3) is 0.444. The average Bonchev–Trinajstić information content (AvgIpc) is 2.43. The summed E-state index contributed by atoms with van der Waals surface area (Å²) in [6.45, 7) is 1.92. The zero-order chi connectivity index (χ0) is 9.84. The number of carbonyl (C=O) groups is 1. The molecule has 0 spiro atoms. The van der Waals surface area contributed by atoms with Gasteiger partial charge in [-0.2, -0.15) is 0 Å². The molecule has 72 valence electrons. The number of carboxylic acids is 1. The Balaban J connectivity index is 2.62. The normalized spacial score (nSPS) is 10.0. The molecule has 4 heteroatoms. The smallest absolute Gasteiger partial charge is 0.303 e. The lowest BCUT2D eigenvalue weighted by atomic mass is 10.2. The highest BCUT2D eigenvalue weighted by atomic mass is 16.5. The zero-order valence-electron chi connectivity index (χ0n) is 7.76. The van der Waals surface area contributed by atoms with Gasteiger partial charge in [0.1, 0.15) is 0 Å². The summed E-state index contributed by atoms with van der Waals surface area (Å²) in [6, 6.07) is 1.90. The van der Waals surface area contributed by atoms with Gasteiger partial charge in [0, 0.05) is 11.3 Å². The van der Waals surface area contributed by atoms with Crippen molar-refractivity contribution in [3.05, 3.63) is 17.3 Å². The van der Waals surface area contributed by atoms with Gasteiger partial charge in [-0.25, -0.2) is 0 Å². The molecule has 4 nitrogen and oxygen atoms in total. The van der Waals surface area contributed by atoms with Crippen molar-refractivity contribution in [2.75, 3.05) is 7.11 Å². The van der Waals surface area contributed by atoms with Crippen molar-refractivity contribution < 1.29 is 14.6 Å². The van der Waals surface area contributed by atoms with E-state index < -0.39 is 5.97 Å². The van der Waals surface area contributed by atoms with Crippen LogP contribution in [0.3, 0.4) is 0 Å². The molecule has 0 aromatic carbocycles. The van der Waals surface area contributed by atoms with E-state index in [0.29, 0.717) is 12.3 Å². The summed E-state index contributed by atoms with van der Waals surface area (Å²) in [7, 11) is 1.58. The maximum absolute atomic E-state index is 10.3. The van der Waals surface area contributed by atoms with Crippen molar-refractivity contribution in [3.63, 3.8) is 0 Å². The van der Waals surface area contributed by atoms with Crippen LogP contribution in [0.5, 0.6) is 5.88 Å². The van der Waals surface area contributed by atoms with E-state index in [0.717, 1.165) is 11.3 Å². The minimum absolute atomic E-state index is 0.142. The Morgan fingerprint density at radius 3 is 2.85 bits per heavy atom. The monoisotopic (exact) mass is 183 g/mol. The van der Waals surface area contributed by atoms with Crippen molar-refractivity contribution in [3.8, 4) is 5.88 Å². The fourth-order valence-corrected chi connectivity index (χ4v) is 1.20. The third-order valence-corrected chi connectivity index (χ3v) is 1.84. The molecular formula is C9H13NO3. The molecule has 1 heterocycles. The number of methoxy groups -OCH3 is 1. The first-order valence-corrected chi connectivity index (χ1v) is 4.07. The first kappa shape index (κ1) is 9.64. The van der Waals surface area contributed by atoms with E-state index in [2.05, 4.69) is 4.98 Å². The number of aromatic nitrogens is 1. The Labute approximate surface area is 76.5 Å². The second-order valence-electron chi connectivity index (χ2n) is 2.90. The summed E-state index contributed by atoms with van der Waals surface area (Å²) in [5.41, 5.74) is 1.90. The molecule has 0 fully saturated rings. The molecule has 13 heavy (non-hydrogen) atoms. The van der Waals surface area contributed by atoms with Crippen molar-refractivity contribution in [2.45, 2.75) is 19.8 Å². The molecule has 0 radical (unpaired) electrons. The van der Waals surface area contributed by atoms with Crippen LogP contribution < -0.4 is 4.74 Å². The highest BCUT2D eigenvalue weighted by Gasteiger charge is 2.05. The molecule has 0 atom stereocenters. The average molecular weight is 183 g/mol. The van der Waals surface area contributed by atoms with Gasteiger partial charge < -0.3 is 14.8 Å². The van der Waals surface area contributed by atoms with Crippen molar-refractivity contribution in [1.29, 1.82) is 0 Å². The highest BCUT2D eigenvalue weighted by molar-refractivity contribution is 5.67. The lowest BCUT2D eigenvalue weighted by Crippen LogP contribution is -1.97. The van der Waals surface area contributed by atoms with E-state index >= 15 is 0 Å². The standard InChI is InChI=1S/C9H13NO3/c1-6-5-7(3-4-8(11)12)10-9(6)13-2/h5,10H,3-4H2,1-2H3,(H,11,12). The zero-order valence-corrected chi connectivity index (χ0v) is 7.76. The van der Waals surface area contributed by atoms with Crippen LogP contribution in [0, 0.1) is 6.92 Å². The minimum atomic E-state index is -0.786. The number of nitrogens with one attached hydrogen (secondary N) is 1. The summed E-state index contributed by atoms with van der Waals surface area (Å²) < 4.78 is 5.03. The predicted molar refractivity (Wildman–Crippen MR) is 48.0 cm³/mol. The molecule has 0 aliphatic carbocycles. The van der Waals surface area contributed by atoms with Crippen LogP contribution in [0.4, 0.5) is 0 Å². The van der Waals surface area contributed by atoms with Crippen LogP contribution in [0.1, 0.15) is 17.7 Å². The van der Waals surface area contributed by atoms with Gasteiger partial charge in [-0.1, -0.05) is 0 Å². The Bertz CT molecular complexity index is 304. The maximum atomic E-state index is 10.3. The van der Waals surface area contributed by atoms with Gasteiger partial charge >= 0.3 is 5.97 Å². The second-order valence-corrected chi connectivity index (χ2v) is 2.90. The largest absolute Gasteiger partial charge is 0.482 e. The topological polar surface area (TPSA) is 62.3 Å². The third-order valence-electron chi connectivity index (χ3n) is 1.84. The number of aromatic amines is 1. The Hall–Kier alpha value is -1.45. The van der Waals surface area contributed by atoms with Crippen LogP contribution in [0.15, 0.2) is 6.07 Å². The first-order valence-electron chi connectivity index (χ1n) is 4.07. The third kappa shape index (κ3) is 2.50. The van der Waals surface area contributed by atoms with E-state index in [1.807, 2.05) is 13.0 Å². The second kappa shape index (κ2) is 3.98. The Kier molecular flexibility index (Phi) is 2.95. The highest BCUT2D eigenvalue weighted by Crippen LogP contribution is 2.17. The van der Waals surface area contributed by atoms with E-state index in [1.54, 1.807) is 7.11 Å². The SMILES string of the molecule is COc1[nH]c(CCC(=O)O)cc1C. The lowest BCUT2D eigenvalue weighted by molar-refractivity contribution is -0.136. The van der Waals surface area contributed by atoms with Gasteiger partial charge in [0.15, 0.2) is 5.88 Å². The first-order chi connectivity index (χ1) is 6.13. The quantitative estimate of drug-likeness (QED) is 0.740. The van der Waals surface area contributed by atoms with Gasteiger partial charge in [0.05, 0.1) is 13.5 Å². The van der Waals surface area contributed by atoms with E-state index in [9.17, 15) is 4.79 Å². The number of aryl methyl sites for hydroxylation is 2. The minimum Gasteiger partial charge on any atom is -0.482 e. The molecule has 0 aliphatic rings. The number of carboxylic acid groups (broad SMARTS) is 1. The molecule has 0 saturated heterocycles. The molecular weight excluding hydrogens is 170 g/mol. The molecule has 2 N–H and O–H groups in total. The number of hydrogen-bond acceptors (Lipinski definition) is 2. The molecule has 0 saturated carbocycles. The van der Waals surface area contributed by atoms with Crippen molar-refractivity contribution >= 4 is 5.97 Å². The van der Waals surface area contributed by atoms with Crippen molar-refractivity contribution in [2.24, 2.45) is 0 Å². The number of H-pyrrole nitrogens is 1. The predicted octanol–water partition coefficient (Wildman–Crippen LogP) is 1.35. The summed E-state index contributed by atoms with van der Waals surface area (Å²) in [6.07, 6.45) is 0.655. The van der Waals surface area contributed by atoms with Crippen molar-refractivity contribution in [1.82, 2.24) is 4.98 Å². The summed E-state index contributed by atoms with van der Waals surface area (Å²) in [5.74, 6) is -0.0772. The summed E-state index contributed by atoms with van der Waals surface area (Å²) in [4.78, 5) is 13.3. The number of aliphatic carboxylic acids is 1. The summed E-state index contributed by atoms with van der Waals surface area (Å²) in [5, 5.41) is 8.46. The Morgan fingerprint density at radius 1 is 1.69 bits per heavy atom. The summed E-state index contributed by atoms with van der Waals surface area (Å²) >= 11 is 0. The molecule has 0 bridgehead atoms. The van der Waals surface area contributed by atoms with E-state index in [-0.39, 0.29) is 6.42 Å². The maximum Gasteiger partial charge on any atom is 0.303 e. The van der Waals surface area contributed by atoms with E-state index in [1.165, 1.54) is 0 Å².